The van der Waals surface area contributed by atoms with E-state index in [9.17, 15) is 13.6 Å². The Morgan fingerprint density at radius 2 is 2.05 bits per heavy atom. The summed E-state index contributed by atoms with van der Waals surface area (Å²) in [5.41, 5.74) is 4.34. The molecule has 19 heavy (non-hydrogen) atoms. The molecule has 0 aliphatic heterocycles. The Morgan fingerprint density at radius 3 is 2.58 bits per heavy atom. The molecule has 106 valence electrons. The molecule has 0 aliphatic rings. The smallest absolute Gasteiger partial charge is 0.257 e. The maximum absolute atomic E-state index is 13.7. The molecule has 0 heterocycles. The van der Waals surface area contributed by atoms with Crippen LogP contribution in [0, 0.1) is 17.6 Å². The number of halogens is 2. The minimum Gasteiger partial charge on any atom is -0.396 e. The van der Waals surface area contributed by atoms with Gasteiger partial charge < -0.3 is 16.2 Å². The number of carbonyl (C=O) groups is 1. The van der Waals surface area contributed by atoms with Crippen molar-refractivity contribution in [1.82, 2.24) is 5.32 Å². The van der Waals surface area contributed by atoms with E-state index in [0.717, 1.165) is 12.1 Å². The molecule has 6 heteroatoms. The number of hydrogen-bond donors (Lipinski definition) is 3. The van der Waals surface area contributed by atoms with Crippen LogP contribution in [-0.2, 0) is 0 Å². The lowest BCUT2D eigenvalue weighted by Crippen LogP contribution is -2.40. The van der Waals surface area contributed by atoms with Crippen LogP contribution in [0.4, 0.5) is 14.5 Å². The Morgan fingerprint density at radius 1 is 1.42 bits per heavy atom. The predicted octanol–water partition coefficient (Wildman–Crippen LogP) is 1.68. The molecule has 0 fully saturated rings. The number of benzene rings is 1. The number of nitrogens with two attached hydrogens (primary N) is 1. The van der Waals surface area contributed by atoms with Crippen LogP contribution in [0.5, 0.6) is 0 Å². The molecule has 0 radical (unpaired) electrons. The molecule has 4 nitrogen and oxygen atoms in total. The third-order valence-electron chi connectivity index (χ3n) is 2.91. The summed E-state index contributed by atoms with van der Waals surface area (Å²) in [6.45, 7) is 3.56. The Balaban J connectivity index is 2.98. The first-order chi connectivity index (χ1) is 8.88. The summed E-state index contributed by atoms with van der Waals surface area (Å²) in [5, 5.41) is 11.4. The maximum atomic E-state index is 13.7. The molecule has 0 bridgehead atoms. The third-order valence-corrected chi connectivity index (χ3v) is 2.91. The lowest BCUT2D eigenvalue weighted by atomic mass is 10.0. The molecule has 1 amide bonds. The highest BCUT2D eigenvalue weighted by molar-refractivity contribution is 5.95. The van der Waals surface area contributed by atoms with Crippen LogP contribution >= 0.6 is 0 Å². The van der Waals surface area contributed by atoms with Crippen LogP contribution in [0.25, 0.3) is 0 Å². The van der Waals surface area contributed by atoms with E-state index >= 15 is 0 Å². The molecule has 0 saturated carbocycles. The average molecular weight is 272 g/mol. The van der Waals surface area contributed by atoms with Crippen molar-refractivity contribution in [2.24, 2.45) is 5.92 Å². The van der Waals surface area contributed by atoms with E-state index in [1.54, 1.807) is 0 Å². The predicted molar refractivity (Wildman–Crippen MR) is 68.6 cm³/mol. The molecule has 0 saturated heterocycles. The SMILES string of the molecule is CC(C)C(CCO)NC(=O)c1c(F)ccc(N)c1F. The van der Waals surface area contributed by atoms with Crippen molar-refractivity contribution in [2.45, 2.75) is 26.3 Å². The lowest BCUT2D eigenvalue weighted by molar-refractivity contribution is 0.0908. The molecule has 1 aromatic carbocycles. The quantitative estimate of drug-likeness (QED) is 0.714. The standard InChI is InChI=1S/C13H18F2N2O2/c1-7(2)10(5-6-18)17-13(19)11-8(14)3-4-9(16)12(11)15/h3-4,7,10,18H,5-6,16H2,1-2H3,(H,17,19). The van der Waals surface area contributed by atoms with Crippen molar-refractivity contribution in [3.63, 3.8) is 0 Å². The second-order valence-electron chi connectivity index (χ2n) is 4.66. The topological polar surface area (TPSA) is 75.3 Å². The fraction of sp³-hybridized carbons (Fsp3) is 0.462. The first-order valence-electron chi connectivity index (χ1n) is 6.03. The molecular weight excluding hydrogens is 254 g/mol. The van der Waals surface area contributed by atoms with E-state index in [0.29, 0.717) is 6.42 Å². The van der Waals surface area contributed by atoms with Gasteiger partial charge in [0.1, 0.15) is 11.4 Å². The Labute approximate surface area is 110 Å². The minimum atomic E-state index is -1.07. The van der Waals surface area contributed by atoms with Crippen molar-refractivity contribution in [2.75, 3.05) is 12.3 Å². The number of nitrogens with one attached hydrogen (secondary N) is 1. The Hall–Kier alpha value is -1.69. The summed E-state index contributed by atoms with van der Waals surface area (Å²) in [6.07, 6.45) is 0.314. The zero-order chi connectivity index (χ0) is 14.6. The summed E-state index contributed by atoms with van der Waals surface area (Å²) >= 11 is 0. The van der Waals surface area contributed by atoms with E-state index in [4.69, 9.17) is 10.8 Å². The van der Waals surface area contributed by atoms with Gasteiger partial charge >= 0.3 is 0 Å². The molecule has 1 unspecified atom stereocenters. The molecule has 0 spiro atoms. The van der Waals surface area contributed by atoms with E-state index in [1.165, 1.54) is 0 Å². The molecule has 1 aromatic rings. The second kappa shape index (κ2) is 6.47. The van der Waals surface area contributed by atoms with Gasteiger partial charge in [-0.2, -0.15) is 0 Å². The highest BCUT2D eigenvalue weighted by atomic mass is 19.1. The summed E-state index contributed by atoms with van der Waals surface area (Å²) in [4.78, 5) is 11.9. The first-order valence-corrected chi connectivity index (χ1v) is 6.03. The zero-order valence-corrected chi connectivity index (χ0v) is 10.9. The highest BCUT2D eigenvalue weighted by Gasteiger charge is 2.23. The average Bonchev–Trinajstić information content (AvgIpc) is 2.33. The molecule has 0 aromatic heterocycles. The van der Waals surface area contributed by atoms with Gasteiger partial charge in [0.2, 0.25) is 0 Å². The fourth-order valence-electron chi connectivity index (χ4n) is 1.73. The van der Waals surface area contributed by atoms with Gasteiger partial charge in [0.05, 0.1) is 5.69 Å². The largest absolute Gasteiger partial charge is 0.396 e. The first kappa shape index (κ1) is 15.4. The zero-order valence-electron chi connectivity index (χ0n) is 10.9. The molecule has 1 rings (SSSR count). The molecule has 0 aliphatic carbocycles. The van der Waals surface area contributed by atoms with Crippen molar-refractivity contribution in [3.8, 4) is 0 Å². The number of rotatable bonds is 5. The third kappa shape index (κ3) is 3.64. The van der Waals surface area contributed by atoms with Gasteiger partial charge in [-0.1, -0.05) is 13.8 Å². The van der Waals surface area contributed by atoms with Crippen LogP contribution in [0.1, 0.15) is 30.6 Å². The number of aliphatic hydroxyl groups excluding tert-OH is 1. The Kier molecular flexibility index (Phi) is 5.23. The highest BCUT2D eigenvalue weighted by Crippen LogP contribution is 2.19. The van der Waals surface area contributed by atoms with E-state index in [-0.39, 0.29) is 24.3 Å². The van der Waals surface area contributed by atoms with Crippen LogP contribution in [0.2, 0.25) is 0 Å². The minimum absolute atomic E-state index is 0.0308. The van der Waals surface area contributed by atoms with Crippen LogP contribution < -0.4 is 11.1 Å². The van der Waals surface area contributed by atoms with E-state index in [2.05, 4.69) is 5.32 Å². The van der Waals surface area contributed by atoms with E-state index < -0.39 is 23.1 Å². The van der Waals surface area contributed by atoms with Crippen molar-refractivity contribution < 1.29 is 18.7 Å². The summed E-state index contributed by atoms with van der Waals surface area (Å²) in [6, 6.07) is 1.65. The number of carbonyl (C=O) groups excluding carboxylic acids is 1. The van der Waals surface area contributed by atoms with Gasteiger partial charge in [-0.3, -0.25) is 4.79 Å². The number of hydrogen-bond acceptors (Lipinski definition) is 3. The van der Waals surface area contributed by atoms with Crippen LogP contribution in [0.3, 0.4) is 0 Å². The van der Waals surface area contributed by atoms with E-state index in [1.807, 2.05) is 13.8 Å². The summed E-state index contributed by atoms with van der Waals surface area (Å²) in [7, 11) is 0. The maximum Gasteiger partial charge on any atom is 0.257 e. The van der Waals surface area contributed by atoms with Crippen LogP contribution in [-0.4, -0.2) is 23.7 Å². The molecular formula is C13H18F2N2O2. The van der Waals surface area contributed by atoms with Gasteiger partial charge in [0.25, 0.3) is 5.91 Å². The fourth-order valence-corrected chi connectivity index (χ4v) is 1.73. The Bertz CT molecular complexity index is 464. The van der Waals surface area contributed by atoms with Gasteiger partial charge in [-0.25, -0.2) is 8.78 Å². The number of amides is 1. The molecule has 1 atom stereocenters. The van der Waals surface area contributed by atoms with Crippen molar-refractivity contribution >= 4 is 11.6 Å². The number of aliphatic hydroxyl groups is 1. The van der Waals surface area contributed by atoms with Crippen molar-refractivity contribution in [3.05, 3.63) is 29.3 Å². The monoisotopic (exact) mass is 272 g/mol. The van der Waals surface area contributed by atoms with Gasteiger partial charge in [-0.15, -0.1) is 0 Å². The van der Waals surface area contributed by atoms with Crippen molar-refractivity contribution in [1.29, 1.82) is 0 Å². The number of anilines is 1. The molecule has 4 N–H and O–H groups in total. The van der Waals surface area contributed by atoms with Gasteiger partial charge in [0.15, 0.2) is 5.82 Å². The van der Waals surface area contributed by atoms with Crippen LogP contribution in [0.15, 0.2) is 12.1 Å². The number of nitrogen functional groups attached to an aromatic ring is 1. The van der Waals surface area contributed by atoms with Gasteiger partial charge in [-0.05, 0) is 24.5 Å². The normalized spacial score (nSPS) is 12.5. The summed E-state index contributed by atoms with van der Waals surface area (Å²) < 4.78 is 27.2. The second-order valence-corrected chi connectivity index (χ2v) is 4.66. The lowest BCUT2D eigenvalue weighted by Gasteiger charge is -2.21. The van der Waals surface area contributed by atoms with Gasteiger partial charge in [0, 0.05) is 12.6 Å². The summed E-state index contributed by atoms with van der Waals surface area (Å²) in [5.74, 6) is -2.86.